The van der Waals surface area contributed by atoms with Crippen molar-refractivity contribution in [1.29, 1.82) is 0 Å². The van der Waals surface area contributed by atoms with E-state index in [1.54, 1.807) is 34.6 Å². The lowest BCUT2D eigenvalue weighted by Crippen LogP contribution is -2.55. The molecule has 0 spiro atoms. The quantitative estimate of drug-likeness (QED) is 0.210. The summed E-state index contributed by atoms with van der Waals surface area (Å²) in [6, 6.07) is 3.87. The number of ether oxygens (including phenoxy) is 4. The summed E-state index contributed by atoms with van der Waals surface area (Å²) >= 11 is 3.34. The van der Waals surface area contributed by atoms with Gasteiger partial charge in [-0.25, -0.2) is 9.59 Å². The minimum atomic E-state index is -1.42. The molecule has 288 valence electrons. The van der Waals surface area contributed by atoms with Gasteiger partial charge in [0.1, 0.15) is 52.1 Å². The van der Waals surface area contributed by atoms with Gasteiger partial charge in [-0.15, -0.1) is 17.5 Å². The van der Waals surface area contributed by atoms with E-state index in [9.17, 15) is 9.59 Å². The van der Waals surface area contributed by atoms with Crippen molar-refractivity contribution in [2.75, 3.05) is 26.3 Å². The first kappa shape index (κ1) is 46.5. The highest BCUT2D eigenvalue weighted by molar-refractivity contribution is 9.10. The summed E-state index contributed by atoms with van der Waals surface area (Å²) in [6.07, 6.45) is 13.2. The van der Waals surface area contributed by atoms with E-state index in [0.29, 0.717) is 31.3 Å². The molecule has 2 aromatic heterocycles. The molecule has 2 aliphatic heterocycles. The smallest absolute Gasteiger partial charge is 0.410 e. The summed E-state index contributed by atoms with van der Waals surface area (Å²) in [5, 5.41) is 0. The molecule has 4 rings (SSSR count). The number of hydrogen-bond acceptors (Lipinski definition) is 8. The second kappa shape index (κ2) is 20.1. The van der Waals surface area contributed by atoms with Crippen molar-refractivity contribution in [2.24, 2.45) is 0 Å². The van der Waals surface area contributed by atoms with Gasteiger partial charge in [0.2, 0.25) is 0 Å². The van der Waals surface area contributed by atoms with E-state index in [-0.39, 0.29) is 31.7 Å². The van der Waals surface area contributed by atoms with Crippen LogP contribution in [0.4, 0.5) is 9.59 Å². The van der Waals surface area contributed by atoms with E-state index in [1.165, 1.54) is 0 Å². The normalized spacial score (nSPS) is 16.5. The second-order valence-electron chi connectivity index (χ2n) is 16.5. The first-order chi connectivity index (χ1) is 23.4. The van der Waals surface area contributed by atoms with Crippen LogP contribution in [0.1, 0.15) is 67.4 Å². The van der Waals surface area contributed by atoms with Crippen LogP contribution in [0, 0.1) is 23.4 Å². The van der Waals surface area contributed by atoms with E-state index in [2.05, 4.69) is 82.2 Å². The summed E-state index contributed by atoms with van der Waals surface area (Å²) in [5.74, 6) is 4.55. The van der Waals surface area contributed by atoms with Crippen LogP contribution in [0.25, 0.3) is 0 Å². The van der Waals surface area contributed by atoms with Gasteiger partial charge in [-0.1, -0.05) is 52.6 Å². The maximum Gasteiger partial charge on any atom is 0.410 e. The number of terminal acetylenes is 1. The minimum absolute atomic E-state index is 0. The van der Waals surface area contributed by atoms with Gasteiger partial charge in [0.05, 0.1) is 24.5 Å². The van der Waals surface area contributed by atoms with Crippen LogP contribution < -0.4 is 9.47 Å². The molecule has 0 bridgehead atoms. The molecule has 0 unspecified atom stereocenters. The molecule has 13 heteroatoms. The maximum absolute atomic E-state index is 12.1. The fraction of sp³-hybridized carbons (Fsp3) is 0.590. The topological polar surface area (TPSA) is 103 Å². The average Bonchev–Trinajstić information content (AvgIpc) is 2.93. The molecule has 0 saturated carbocycles. The number of rotatable bonds is 6. The van der Waals surface area contributed by atoms with Crippen LogP contribution in [-0.2, 0) is 9.47 Å². The van der Waals surface area contributed by atoms with Crippen molar-refractivity contribution in [3.05, 3.63) is 47.0 Å². The molecule has 2 aromatic rings. The van der Waals surface area contributed by atoms with Gasteiger partial charge < -0.3 is 28.7 Å². The van der Waals surface area contributed by atoms with E-state index in [4.69, 9.17) is 25.4 Å². The molecule has 2 saturated heterocycles. The number of carbonyl (C=O) groups excluding carboxylic acids is 2. The van der Waals surface area contributed by atoms with E-state index in [0.717, 1.165) is 29.4 Å². The van der Waals surface area contributed by atoms with Gasteiger partial charge in [0.25, 0.3) is 0 Å². The number of hydrogen-bond donors (Lipinski definition) is 0. The highest BCUT2D eigenvalue weighted by atomic mass is 79.9. The lowest BCUT2D eigenvalue weighted by molar-refractivity contribution is -0.0149. The van der Waals surface area contributed by atoms with E-state index < -0.39 is 27.3 Å². The molecule has 52 heavy (non-hydrogen) atoms. The Morgan fingerprint density at radius 2 is 1.21 bits per heavy atom. The lowest BCUT2D eigenvalue weighted by Gasteiger charge is -2.40. The van der Waals surface area contributed by atoms with Crippen molar-refractivity contribution < 1.29 is 28.5 Å². The molecule has 0 radical (unpaired) electrons. The third kappa shape index (κ3) is 18.8. The van der Waals surface area contributed by atoms with Gasteiger partial charge in [0, 0.05) is 35.5 Å². The average molecular weight is 818 g/mol. The van der Waals surface area contributed by atoms with Crippen LogP contribution in [0.15, 0.2) is 41.4 Å². The van der Waals surface area contributed by atoms with Crippen LogP contribution in [0.3, 0.4) is 0 Å². The summed E-state index contributed by atoms with van der Waals surface area (Å²) < 4.78 is 23.1. The molecule has 0 N–H and O–H groups in total. The minimum Gasteiger partial charge on any atom is -0.490 e. The zero-order valence-corrected chi connectivity index (χ0v) is 36.1. The largest absolute Gasteiger partial charge is 0.490 e. The molecule has 2 amide bonds. The fourth-order valence-corrected chi connectivity index (χ4v) is 4.90. The van der Waals surface area contributed by atoms with Crippen molar-refractivity contribution in [1.82, 2.24) is 19.8 Å². The van der Waals surface area contributed by atoms with Crippen LogP contribution >= 0.6 is 15.9 Å². The number of carbonyl (C=O) groups is 2. The first-order valence-electron chi connectivity index (χ1n) is 17.3. The van der Waals surface area contributed by atoms with Crippen molar-refractivity contribution >= 4 is 44.3 Å². The zero-order valence-electron chi connectivity index (χ0n) is 32.6. The molecule has 10 nitrogen and oxygen atoms in total. The highest BCUT2D eigenvalue weighted by Gasteiger charge is 2.36. The van der Waals surface area contributed by atoms with Gasteiger partial charge in [-0.05, 0) is 82.4 Å². The molecule has 0 aromatic carbocycles. The first-order valence-corrected chi connectivity index (χ1v) is 25.1. The summed E-state index contributed by atoms with van der Waals surface area (Å²) in [7, 11) is -2.52. The Hall–Kier alpha value is -3.53. The molecule has 0 aliphatic carbocycles. The fourth-order valence-electron chi connectivity index (χ4n) is 4.03. The molecule has 2 fully saturated rings. The maximum atomic E-state index is 12.1. The van der Waals surface area contributed by atoms with Crippen LogP contribution in [0.5, 0.6) is 11.5 Å². The molecular weight excluding hydrogens is 757 g/mol. The Kier molecular flexibility index (Phi) is 17.9. The van der Waals surface area contributed by atoms with Gasteiger partial charge in [0.15, 0.2) is 0 Å². The number of nitrogens with zero attached hydrogens (tertiary/aromatic N) is 4. The Bertz CT molecular complexity index is 1560. The predicted octanol–water partition coefficient (Wildman–Crippen LogP) is 9.06. The van der Waals surface area contributed by atoms with Crippen molar-refractivity contribution in [3.8, 4) is 34.9 Å². The molecular formula is C39H61BrN4O6Si2. The number of amides is 2. The number of pyridine rings is 2. The standard InChI is InChI=1S/C19H28N2O3Si.C14H19BrN2O3.C5H10Si.CH4/c1-19(2,3)24-18(22)21-9-7-16(21)14-23-17-11-15(12-20-13-17)8-10-25(4,5)6;1-14(2,3)20-13(18)17-5-4-11(17)9-19-12-6-10(15)7-16-8-12;1-5-6(2,3)4;/h11-13,16H,7,9,14H2,1-6H3;6-8,11H,4-5,9H2,1-3H3;1H,2-4H3;1H4/t16-;11-;;/m00../s1. The highest BCUT2D eigenvalue weighted by Crippen LogP contribution is 2.24. The van der Waals surface area contributed by atoms with Crippen molar-refractivity contribution in [2.45, 2.75) is 124 Å². The van der Waals surface area contributed by atoms with Crippen LogP contribution in [-0.4, -0.2) is 97.7 Å². The monoisotopic (exact) mass is 816 g/mol. The predicted molar refractivity (Wildman–Crippen MR) is 219 cm³/mol. The third-order valence-electron chi connectivity index (χ3n) is 6.84. The van der Waals surface area contributed by atoms with E-state index in [1.807, 2.05) is 53.7 Å². The SMILES string of the molecule is C.C#C[Si](C)(C)C.CC(C)(C)OC(=O)N1CC[C@H]1COc1cncc(Br)c1.CC(C)(C)OC(=O)N1CC[C@H]1COc1cncc(C#C[Si](C)(C)C)c1. The zero-order chi connectivity index (χ0) is 38.6. The summed E-state index contributed by atoms with van der Waals surface area (Å²) in [5.41, 5.74) is 5.98. The van der Waals surface area contributed by atoms with Crippen LogP contribution in [0.2, 0.25) is 39.3 Å². The Balaban J connectivity index is 0.000000449. The molecule has 2 aliphatic rings. The van der Waals surface area contributed by atoms with E-state index >= 15 is 0 Å². The Morgan fingerprint density at radius 1 is 0.788 bits per heavy atom. The van der Waals surface area contributed by atoms with Gasteiger partial charge in [-0.3, -0.25) is 9.97 Å². The molecule has 2 atom stereocenters. The van der Waals surface area contributed by atoms with Gasteiger partial charge in [-0.2, -0.15) is 0 Å². The number of halogens is 1. The van der Waals surface area contributed by atoms with Gasteiger partial charge >= 0.3 is 12.2 Å². The summed E-state index contributed by atoms with van der Waals surface area (Å²) in [6.45, 7) is 26.6. The molecule has 4 heterocycles. The lowest BCUT2D eigenvalue weighted by atomic mass is 10.1. The van der Waals surface area contributed by atoms with Crippen molar-refractivity contribution in [3.63, 3.8) is 0 Å². The third-order valence-corrected chi connectivity index (χ3v) is 9.01. The number of aromatic nitrogens is 2. The Labute approximate surface area is 323 Å². The number of likely N-dealkylation sites (tertiary alicyclic amines) is 2. The summed E-state index contributed by atoms with van der Waals surface area (Å²) in [4.78, 5) is 35.7. The second-order valence-corrected chi connectivity index (χ2v) is 27.0. The Morgan fingerprint density at radius 3 is 1.56 bits per heavy atom.